The van der Waals surface area contributed by atoms with Gasteiger partial charge < -0.3 is 14.8 Å². The lowest BCUT2D eigenvalue weighted by molar-refractivity contribution is -0.121. The van der Waals surface area contributed by atoms with Gasteiger partial charge in [0.2, 0.25) is 5.91 Å². The number of nitrogens with one attached hydrogen (secondary N) is 1. The minimum atomic E-state index is -1.09. The second-order valence-electron chi connectivity index (χ2n) is 7.68. The largest absolute Gasteiger partial charge is 0.444 e. The minimum Gasteiger partial charge on any atom is -0.444 e. The Kier molecular flexibility index (Phi) is 5.28. The summed E-state index contributed by atoms with van der Waals surface area (Å²) in [5.74, 6) is -2.32. The number of anilines is 1. The highest BCUT2D eigenvalue weighted by molar-refractivity contribution is 5.97. The van der Waals surface area contributed by atoms with Crippen LogP contribution in [0.1, 0.15) is 41.5 Å². The van der Waals surface area contributed by atoms with Crippen LogP contribution in [0.5, 0.6) is 0 Å². The predicted molar refractivity (Wildman–Crippen MR) is 91.5 cm³/mol. The van der Waals surface area contributed by atoms with Crippen LogP contribution in [0, 0.1) is 11.6 Å². The van der Waals surface area contributed by atoms with Crippen LogP contribution < -0.4 is 5.32 Å². The summed E-state index contributed by atoms with van der Waals surface area (Å²) in [5, 5.41) is 2.39. The van der Waals surface area contributed by atoms with Crippen molar-refractivity contribution in [2.75, 3.05) is 5.32 Å². The third kappa shape index (κ3) is 4.30. The second kappa shape index (κ2) is 6.83. The van der Waals surface area contributed by atoms with Crippen molar-refractivity contribution < 1.29 is 27.8 Å². The number of halogens is 2. The van der Waals surface area contributed by atoms with Gasteiger partial charge in [-0.25, -0.2) is 13.6 Å². The monoisotopic (exact) mass is 370 g/mol. The van der Waals surface area contributed by atoms with E-state index in [-0.39, 0.29) is 5.69 Å². The Labute approximate surface area is 151 Å². The van der Waals surface area contributed by atoms with Gasteiger partial charge in [-0.1, -0.05) is 0 Å². The standard InChI is InChI=1S/C18H24F2N2O4/c1-10-14(15(23)21-13-8-7-11(19)9-12(13)20)22(18(5,6)25-10)16(24)26-17(2,3)4/h7-10,14H,1-6H3,(H,21,23)/t10-,14-/m0/s1. The van der Waals surface area contributed by atoms with Crippen LogP contribution >= 0.6 is 0 Å². The van der Waals surface area contributed by atoms with Crippen molar-refractivity contribution in [2.45, 2.75) is 65.0 Å². The highest BCUT2D eigenvalue weighted by atomic mass is 19.1. The molecule has 0 aromatic heterocycles. The fourth-order valence-corrected chi connectivity index (χ4v) is 2.89. The van der Waals surface area contributed by atoms with Crippen LogP contribution in [0.4, 0.5) is 19.3 Å². The number of rotatable bonds is 2. The van der Waals surface area contributed by atoms with Gasteiger partial charge in [0.1, 0.15) is 29.0 Å². The molecule has 8 heteroatoms. The molecule has 6 nitrogen and oxygen atoms in total. The van der Waals surface area contributed by atoms with Crippen LogP contribution in [0.2, 0.25) is 0 Å². The lowest BCUT2D eigenvalue weighted by Crippen LogP contribution is -2.54. The SMILES string of the molecule is C[C@@H]1OC(C)(C)N(C(=O)OC(C)(C)C)[C@@H]1C(=O)Nc1ccc(F)cc1F. The first kappa shape index (κ1) is 20.1. The van der Waals surface area contributed by atoms with Gasteiger partial charge in [0.15, 0.2) is 0 Å². The van der Waals surface area contributed by atoms with E-state index < -0.39 is 47.1 Å². The zero-order valence-electron chi connectivity index (χ0n) is 15.7. The van der Waals surface area contributed by atoms with E-state index in [0.717, 1.165) is 12.1 Å². The Balaban J connectivity index is 2.28. The van der Waals surface area contributed by atoms with Crippen LogP contribution in [0.3, 0.4) is 0 Å². The van der Waals surface area contributed by atoms with E-state index >= 15 is 0 Å². The molecule has 1 aromatic rings. The molecule has 144 valence electrons. The molecular formula is C18H24F2N2O4. The first-order valence-corrected chi connectivity index (χ1v) is 8.28. The number of benzene rings is 1. The summed E-state index contributed by atoms with van der Waals surface area (Å²) in [4.78, 5) is 26.5. The van der Waals surface area contributed by atoms with E-state index in [1.807, 2.05) is 0 Å². The average Bonchev–Trinajstić information content (AvgIpc) is 2.69. The predicted octanol–water partition coefficient (Wildman–Crippen LogP) is 3.66. The molecule has 26 heavy (non-hydrogen) atoms. The molecule has 1 aromatic carbocycles. The van der Waals surface area contributed by atoms with Gasteiger partial charge in [-0.3, -0.25) is 9.69 Å². The average molecular weight is 370 g/mol. The number of ether oxygens (including phenoxy) is 2. The van der Waals surface area contributed by atoms with Gasteiger partial charge in [-0.2, -0.15) is 0 Å². The molecular weight excluding hydrogens is 346 g/mol. The van der Waals surface area contributed by atoms with Gasteiger partial charge in [0, 0.05) is 6.07 Å². The maximum Gasteiger partial charge on any atom is 0.413 e. The van der Waals surface area contributed by atoms with Gasteiger partial charge in [-0.15, -0.1) is 0 Å². The smallest absolute Gasteiger partial charge is 0.413 e. The highest BCUT2D eigenvalue weighted by Gasteiger charge is 2.52. The molecule has 1 fully saturated rings. The van der Waals surface area contributed by atoms with Crippen LogP contribution in [-0.4, -0.2) is 40.4 Å². The van der Waals surface area contributed by atoms with Crippen molar-refractivity contribution in [1.29, 1.82) is 0 Å². The number of nitrogens with zero attached hydrogens (tertiary/aromatic N) is 1. The molecule has 0 spiro atoms. The van der Waals surface area contributed by atoms with Crippen molar-refractivity contribution in [3.05, 3.63) is 29.8 Å². The maximum absolute atomic E-state index is 13.8. The summed E-state index contributed by atoms with van der Waals surface area (Å²) in [6.45, 7) is 10.0. The second-order valence-corrected chi connectivity index (χ2v) is 7.68. The normalized spacial score (nSPS) is 22.2. The summed E-state index contributed by atoms with van der Waals surface area (Å²) < 4.78 is 38.0. The van der Waals surface area contributed by atoms with Gasteiger partial charge in [0.25, 0.3) is 0 Å². The molecule has 1 aliphatic heterocycles. The first-order chi connectivity index (χ1) is 11.8. The number of amides is 2. The molecule has 0 saturated carbocycles. The van der Waals surface area contributed by atoms with E-state index in [2.05, 4.69) is 5.32 Å². The van der Waals surface area contributed by atoms with Gasteiger partial charge >= 0.3 is 6.09 Å². The number of hydrogen-bond donors (Lipinski definition) is 1. The zero-order valence-corrected chi connectivity index (χ0v) is 15.7. The van der Waals surface area contributed by atoms with Crippen molar-refractivity contribution in [3.8, 4) is 0 Å². The van der Waals surface area contributed by atoms with E-state index in [0.29, 0.717) is 6.07 Å². The minimum absolute atomic E-state index is 0.183. The van der Waals surface area contributed by atoms with Gasteiger partial charge in [0.05, 0.1) is 11.8 Å². The van der Waals surface area contributed by atoms with E-state index in [9.17, 15) is 18.4 Å². The number of carbonyl (C=O) groups is 2. The lowest BCUT2D eigenvalue weighted by atomic mass is 10.1. The fraction of sp³-hybridized carbons (Fsp3) is 0.556. The molecule has 1 saturated heterocycles. The van der Waals surface area contributed by atoms with E-state index in [1.165, 1.54) is 4.90 Å². The van der Waals surface area contributed by atoms with Crippen LogP contribution in [0.15, 0.2) is 18.2 Å². The Bertz CT molecular complexity index is 716. The van der Waals surface area contributed by atoms with Crippen LogP contribution in [0.25, 0.3) is 0 Å². The third-order valence-electron chi connectivity index (χ3n) is 3.83. The zero-order chi connectivity index (χ0) is 19.9. The molecule has 1 aliphatic rings. The Hall–Kier alpha value is -2.22. The molecule has 0 bridgehead atoms. The van der Waals surface area contributed by atoms with Crippen molar-refractivity contribution in [2.24, 2.45) is 0 Å². The Morgan fingerprint density at radius 1 is 1.27 bits per heavy atom. The van der Waals surface area contributed by atoms with Crippen LogP contribution in [-0.2, 0) is 14.3 Å². The fourth-order valence-electron chi connectivity index (χ4n) is 2.89. The summed E-state index contributed by atoms with van der Waals surface area (Å²) in [6.07, 6.45) is -1.37. The van der Waals surface area contributed by atoms with E-state index in [1.54, 1.807) is 41.5 Å². The maximum atomic E-state index is 13.8. The lowest BCUT2D eigenvalue weighted by Gasteiger charge is -2.34. The topological polar surface area (TPSA) is 67.9 Å². The summed E-state index contributed by atoms with van der Waals surface area (Å²) in [7, 11) is 0. The van der Waals surface area contributed by atoms with Crippen molar-refractivity contribution >= 4 is 17.7 Å². The number of hydrogen-bond acceptors (Lipinski definition) is 4. The highest BCUT2D eigenvalue weighted by Crippen LogP contribution is 2.34. The third-order valence-corrected chi connectivity index (χ3v) is 3.83. The Morgan fingerprint density at radius 2 is 1.88 bits per heavy atom. The quantitative estimate of drug-likeness (QED) is 0.863. The summed E-state index contributed by atoms with van der Waals surface area (Å²) >= 11 is 0. The molecule has 0 radical (unpaired) electrons. The molecule has 2 rings (SSSR count). The number of carbonyl (C=O) groups excluding carboxylic acids is 2. The molecule has 0 unspecified atom stereocenters. The molecule has 0 aliphatic carbocycles. The molecule has 1 heterocycles. The Morgan fingerprint density at radius 3 is 2.42 bits per heavy atom. The summed E-state index contributed by atoms with van der Waals surface area (Å²) in [5.41, 5.74) is -2.04. The van der Waals surface area contributed by atoms with Gasteiger partial charge in [-0.05, 0) is 53.7 Å². The van der Waals surface area contributed by atoms with Crippen molar-refractivity contribution in [3.63, 3.8) is 0 Å². The van der Waals surface area contributed by atoms with Crippen molar-refractivity contribution in [1.82, 2.24) is 4.90 Å². The van der Waals surface area contributed by atoms with E-state index in [4.69, 9.17) is 9.47 Å². The first-order valence-electron chi connectivity index (χ1n) is 8.28. The molecule has 2 atom stereocenters. The molecule has 1 N–H and O–H groups in total. The molecule has 2 amide bonds. The summed E-state index contributed by atoms with van der Waals surface area (Å²) in [6, 6.07) is 1.78.